The van der Waals surface area contributed by atoms with Gasteiger partial charge in [-0.3, -0.25) is 0 Å². The molecule has 0 N–H and O–H groups in total. The van der Waals surface area contributed by atoms with Crippen LogP contribution in [-0.4, -0.2) is 32.4 Å². The lowest BCUT2D eigenvalue weighted by atomic mass is 10.2. The molecule has 3 aromatic rings. The van der Waals surface area contributed by atoms with Crippen molar-refractivity contribution in [3.63, 3.8) is 0 Å². The summed E-state index contributed by atoms with van der Waals surface area (Å²) in [6, 6.07) is 23.9. The first-order chi connectivity index (χ1) is 15.3. The zero-order valence-corrected chi connectivity index (χ0v) is 19.9. The summed E-state index contributed by atoms with van der Waals surface area (Å²) in [5.74, 6) is 1.83. The molecule has 0 heterocycles. The van der Waals surface area contributed by atoms with E-state index < -0.39 is 11.6 Å². The molecule has 3 aromatic carbocycles. The average molecular weight is 454 g/mol. The Kier molecular flexibility index (Phi) is 7.70. The molecule has 0 spiro atoms. The fourth-order valence-electron chi connectivity index (χ4n) is 3.05. The Hall–Kier alpha value is -3.12. The highest BCUT2D eigenvalue weighted by Crippen LogP contribution is 2.35. The van der Waals surface area contributed by atoms with E-state index >= 15 is 0 Å². The van der Waals surface area contributed by atoms with Gasteiger partial charge in [-0.2, -0.15) is 0 Å². The molecule has 0 radical (unpaired) electrons. The lowest BCUT2D eigenvalue weighted by Gasteiger charge is -2.19. The van der Waals surface area contributed by atoms with Gasteiger partial charge in [-0.1, -0.05) is 12.1 Å². The van der Waals surface area contributed by atoms with Gasteiger partial charge in [0, 0.05) is 12.1 Å². The van der Waals surface area contributed by atoms with Crippen molar-refractivity contribution in [2.24, 2.45) is 0 Å². The number of hydrogen-bond acceptors (Lipinski definition) is 5. The lowest BCUT2D eigenvalue weighted by Crippen LogP contribution is -2.27. The van der Waals surface area contributed by atoms with E-state index in [2.05, 4.69) is 24.3 Å². The number of benzene rings is 3. The average Bonchev–Trinajstić information content (AvgIpc) is 2.78. The van der Waals surface area contributed by atoms with Crippen molar-refractivity contribution in [1.29, 1.82) is 0 Å². The predicted octanol–water partition coefficient (Wildman–Crippen LogP) is 5.52. The molecule has 0 aliphatic heterocycles. The Labute approximate surface area is 192 Å². The molecule has 32 heavy (non-hydrogen) atoms. The first-order valence-electron chi connectivity index (χ1n) is 10.3. The second-order valence-electron chi connectivity index (χ2n) is 8.01. The van der Waals surface area contributed by atoms with Gasteiger partial charge >= 0.3 is 5.97 Å². The van der Waals surface area contributed by atoms with Gasteiger partial charge in [0.2, 0.25) is 0 Å². The Bertz CT molecular complexity index is 993. The largest absolute Gasteiger partial charge is 0.497 e. The Balaban J connectivity index is 1.87. The molecule has 0 saturated carbocycles. The van der Waals surface area contributed by atoms with Crippen LogP contribution in [0.3, 0.4) is 0 Å². The molecule has 0 aliphatic carbocycles. The molecule has 0 amide bonds. The molecule has 0 fully saturated rings. The zero-order chi connectivity index (χ0) is 23.1. The molecule has 0 unspecified atom stereocenters. The molecular weight excluding hydrogens is 424 g/mol. The van der Waals surface area contributed by atoms with Crippen LogP contribution in [0.2, 0.25) is 0 Å². The van der Waals surface area contributed by atoms with Crippen LogP contribution >= 0.6 is 0 Å². The maximum atomic E-state index is 11.9. The van der Waals surface area contributed by atoms with E-state index in [9.17, 15) is 4.79 Å². The van der Waals surface area contributed by atoms with E-state index in [1.807, 2.05) is 69.3 Å². The third-order valence-electron chi connectivity index (χ3n) is 4.39. The highest BCUT2D eigenvalue weighted by atomic mass is 32.2. The molecule has 6 heteroatoms. The molecule has 0 aliphatic rings. The number of rotatable bonds is 8. The van der Waals surface area contributed by atoms with E-state index in [1.165, 1.54) is 0 Å². The summed E-state index contributed by atoms with van der Waals surface area (Å²) in [5, 5.41) is 0. The van der Waals surface area contributed by atoms with Gasteiger partial charge < -0.3 is 18.9 Å². The van der Waals surface area contributed by atoms with Gasteiger partial charge in [-0.25, -0.2) is 4.79 Å². The van der Waals surface area contributed by atoms with Crippen LogP contribution in [0.25, 0.3) is 0 Å². The van der Waals surface area contributed by atoms with Gasteiger partial charge in [-0.15, -0.1) is 0 Å². The van der Waals surface area contributed by atoms with Crippen molar-refractivity contribution in [3.8, 4) is 17.2 Å². The minimum atomic E-state index is -0.536. The minimum absolute atomic E-state index is 0.131. The first kappa shape index (κ1) is 23.5. The summed E-state index contributed by atoms with van der Waals surface area (Å²) in [7, 11) is 2.95. The zero-order valence-electron chi connectivity index (χ0n) is 19.1. The molecule has 0 bridgehead atoms. The van der Waals surface area contributed by atoms with Crippen LogP contribution in [0, 0.1) is 0 Å². The summed E-state index contributed by atoms with van der Waals surface area (Å²) >= 11 is 0. The van der Waals surface area contributed by atoms with Crippen LogP contribution in [-0.2, 0) is 20.4 Å². The highest BCUT2D eigenvalue weighted by Gasteiger charge is 2.30. The van der Waals surface area contributed by atoms with Gasteiger partial charge in [-0.05, 0) is 69.3 Å². The fourth-order valence-corrected chi connectivity index (χ4v) is 5.17. The monoisotopic (exact) mass is 453 g/mol. The first-order valence-corrected chi connectivity index (χ1v) is 11.5. The Morgan fingerprint density at radius 2 is 1.28 bits per heavy atom. The van der Waals surface area contributed by atoms with E-state index in [1.54, 1.807) is 14.2 Å². The van der Waals surface area contributed by atoms with Crippen molar-refractivity contribution < 1.29 is 23.7 Å². The van der Waals surface area contributed by atoms with Crippen molar-refractivity contribution in [1.82, 2.24) is 0 Å². The van der Waals surface area contributed by atoms with Crippen LogP contribution in [0.5, 0.6) is 17.2 Å². The highest BCUT2D eigenvalue weighted by molar-refractivity contribution is 7.97. The summed E-state index contributed by atoms with van der Waals surface area (Å²) in [4.78, 5) is 15.3. The van der Waals surface area contributed by atoms with Crippen molar-refractivity contribution >= 4 is 16.9 Å². The second-order valence-corrected chi connectivity index (χ2v) is 10.0. The van der Waals surface area contributed by atoms with Crippen LogP contribution < -0.4 is 14.2 Å². The standard InChI is InChI=1S/C26H29O5S/c1-26(2,3)31-25(27)18-30-19-12-14-22(15-13-19)32(23-10-6-8-20(16-23)28-4)24-11-7-9-21(17-24)29-5/h6-17H,18H2,1-5H3/q+1. The summed E-state index contributed by atoms with van der Waals surface area (Å²) in [6.45, 7) is 5.36. The van der Waals surface area contributed by atoms with Gasteiger partial charge in [0.1, 0.15) is 22.8 Å². The van der Waals surface area contributed by atoms with Crippen molar-refractivity contribution in [3.05, 3.63) is 72.8 Å². The summed E-state index contributed by atoms with van der Waals surface area (Å²) in [5.41, 5.74) is -0.536. The summed E-state index contributed by atoms with van der Waals surface area (Å²) in [6.07, 6.45) is 0. The number of methoxy groups -OCH3 is 2. The SMILES string of the molecule is COc1cccc([S+](c2ccc(OCC(=O)OC(C)(C)C)cc2)c2cccc(OC)c2)c1. The lowest BCUT2D eigenvalue weighted by molar-refractivity contribution is -0.157. The Morgan fingerprint density at radius 1 is 0.750 bits per heavy atom. The van der Waals surface area contributed by atoms with E-state index in [-0.39, 0.29) is 17.5 Å². The van der Waals surface area contributed by atoms with E-state index in [4.69, 9.17) is 18.9 Å². The third-order valence-corrected chi connectivity index (χ3v) is 6.58. The van der Waals surface area contributed by atoms with Gasteiger partial charge in [0.15, 0.2) is 21.3 Å². The predicted molar refractivity (Wildman–Crippen MR) is 126 cm³/mol. The van der Waals surface area contributed by atoms with Crippen LogP contribution in [0.4, 0.5) is 0 Å². The van der Waals surface area contributed by atoms with E-state index in [0.29, 0.717) is 5.75 Å². The van der Waals surface area contributed by atoms with Crippen LogP contribution in [0.15, 0.2) is 87.5 Å². The quantitative estimate of drug-likeness (QED) is 0.332. The fraction of sp³-hybridized carbons (Fsp3) is 0.269. The normalized spacial score (nSPS) is 11.2. The molecule has 5 nitrogen and oxygen atoms in total. The molecule has 0 atom stereocenters. The molecule has 168 valence electrons. The Morgan fingerprint density at radius 3 is 1.75 bits per heavy atom. The van der Waals surface area contributed by atoms with Gasteiger partial charge in [0.05, 0.1) is 25.1 Å². The topological polar surface area (TPSA) is 54.0 Å². The molecule has 0 saturated heterocycles. The van der Waals surface area contributed by atoms with Crippen LogP contribution in [0.1, 0.15) is 20.8 Å². The number of esters is 1. The maximum Gasteiger partial charge on any atom is 0.344 e. The van der Waals surface area contributed by atoms with Crippen molar-refractivity contribution in [2.75, 3.05) is 20.8 Å². The maximum absolute atomic E-state index is 11.9. The van der Waals surface area contributed by atoms with E-state index in [0.717, 1.165) is 26.2 Å². The smallest absolute Gasteiger partial charge is 0.344 e. The number of carbonyl (C=O) groups excluding carboxylic acids is 1. The minimum Gasteiger partial charge on any atom is -0.497 e. The number of ether oxygens (including phenoxy) is 4. The number of hydrogen-bond donors (Lipinski definition) is 0. The third kappa shape index (κ3) is 6.44. The number of carbonyl (C=O) groups is 1. The molecule has 0 aromatic heterocycles. The summed E-state index contributed by atoms with van der Waals surface area (Å²) < 4.78 is 21.8. The molecular formula is C26H29O5S+. The molecule has 3 rings (SSSR count). The second kappa shape index (κ2) is 10.5. The van der Waals surface area contributed by atoms with Crippen molar-refractivity contribution in [2.45, 2.75) is 41.1 Å². The van der Waals surface area contributed by atoms with Gasteiger partial charge in [0.25, 0.3) is 0 Å².